The van der Waals surface area contributed by atoms with E-state index in [2.05, 4.69) is 10.1 Å². The van der Waals surface area contributed by atoms with Crippen LogP contribution in [-0.4, -0.2) is 21.1 Å². The minimum Gasteiger partial charge on any atom is -0.298 e. The van der Waals surface area contributed by atoms with Gasteiger partial charge in [0.2, 0.25) is 0 Å². The molecule has 2 rings (SSSR count). The summed E-state index contributed by atoms with van der Waals surface area (Å²) < 4.78 is 37.9. The number of carbonyl (C=O) groups excluding carboxylic acids is 1. The van der Waals surface area contributed by atoms with Gasteiger partial charge in [-0.15, -0.1) is 0 Å². The van der Waals surface area contributed by atoms with E-state index in [1.807, 2.05) is 0 Å². The SMILES string of the molecule is O=Cc1ccc(-n2ccc(C(F)(F)F)n2)nc1. The molecule has 7 heteroatoms. The van der Waals surface area contributed by atoms with Crippen molar-refractivity contribution >= 4 is 6.29 Å². The molecule has 17 heavy (non-hydrogen) atoms. The Balaban J connectivity index is 2.33. The highest BCUT2D eigenvalue weighted by Gasteiger charge is 2.33. The minimum absolute atomic E-state index is 0.214. The summed E-state index contributed by atoms with van der Waals surface area (Å²) in [7, 11) is 0. The van der Waals surface area contributed by atoms with E-state index in [0.29, 0.717) is 11.8 Å². The standard InChI is InChI=1S/C10H6F3N3O/c11-10(12,13)8-3-4-16(15-8)9-2-1-7(6-17)5-14-9/h1-6H. The molecule has 0 aliphatic heterocycles. The molecule has 88 valence electrons. The number of alkyl halides is 3. The lowest BCUT2D eigenvalue weighted by molar-refractivity contribution is -0.141. The van der Waals surface area contributed by atoms with E-state index in [1.165, 1.54) is 18.3 Å². The molecule has 2 aromatic heterocycles. The van der Waals surface area contributed by atoms with Crippen molar-refractivity contribution in [1.29, 1.82) is 0 Å². The summed E-state index contributed by atoms with van der Waals surface area (Å²) in [4.78, 5) is 14.2. The maximum Gasteiger partial charge on any atom is 0.435 e. The molecule has 0 atom stereocenters. The number of rotatable bonds is 2. The van der Waals surface area contributed by atoms with Crippen molar-refractivity contribution in [3.63, 3.8) is 0 Å². The summed E-state index contributed by atoms with van der Waals surface area (Å²) in [5.74, 6) is 0.214. The van der Waals surface area contributed by atoms with Gasteiger partial charge in [0, 0.05) is 18.0 Å². The van der Waals surface area contributed by atoms with E-state index in [1.54, 1.807) is 0 Å². The molecule has 0 N–H and O–H groups in total. The molecule has 2 heterocycles. The number of aromatic nitrogens is 3. The highest BCUT2D eigenvalue weighted by atomic mass is 19.4. The summed E-state index contributed by atoms with van der Waals surface area (Å²) >= 11 is 0. The Kier molecular flexibility index (Phi) is 2.66. The fourth-order valence-corrected chi connectivity index (χ4v) is 1.21. The lowest BCUT2D eigenvalue weighted by atomic mass is 10.3. The smallest absolute Gasteiger partial charge is 0.298 e. The fraction of sp³-hybridized carbons (Fsp3) is 0.100. The first-order valence-electron chi connectivity index (χ1n) is 4.55. The molecule has 2 aromatic rings. The van der Waals surface area contributed by atoms with Crippen LogP contribution in [0.25, 0.3) is 5.82 Å². The molecule has 0 spiro atoms. The van der Waals surface area contributed by atoms with Gasteiger partial charge in [0.15, 0.2) is 17.8 Å². The predicted molar refractivity (Wildman–Crippen MR) is 51.7 cm³/mol. The molecule has 0 aliphatic carbocycles. The summed E-state index contributed by atoms with van der Waals surface area (Å²) in [5.41, 5.74) is -0.643. The zero-order chi connectivity index (χ0) is 12.5. The molecule has 0 amide bonds. The van der Waals surface area contributed by atoms with Crippen molar-refractivity contribution in [2.75, 3.05) is 0 Å². The van der Waals surface area contributed by atoms with Gasteiger partial charge in [-0.05, 0) is 18.2 Å². The van der Waals surface area contributed by atoms with Crippen LogP contribution in [0.4, 0.5) is 13.2 Å². The third-order valence-electron chi connectivity index (χ3n) is 2.02. The molecule has 0 saturated carbocycles. The van der Waals surface area contributed by atoms with Gasteiger partial charge >= 0.3 is 6.18 Å². The molecule has 0 radical (unpaired) electrons. The second-order valence-corrected chi connectivity index (χ2v) is 3.21. The molecule has 0 aromatic carbocycles. The largest absolute Gasteiger partial charge is 0.435 e. The zero-order valence-electron chi connectivity index (χ0n) is 8.35. The van der Waals surface area contributed by atoms with Crippen molar-refractivity contribution in [2.45, 2.75) is 6.18 Å². The molecule has 0 aliphatic rings. The Morgan fingerprint density at radius 1 is 1.24 bits per heavy atom. The maximum atomic E-state index is 12.3. The lowest BCUT2D eigenvalue weighted by Gasteiger charge is -2.02. The zero-order valence-corrected chi connectivity index (χ0v) is 8.35. The Hall–Kier alpha value is -2.18. The van der Waals surface area contributed by atoms with Gasteiger partial charge in [-0.3, -0.25) is 4.79 Å². The van der Waals surface area contributed by atoms with Gasteiger partial charge in [-0.2, -0.15) is 18.3 Å². The second-order valence-electron chi connectivity index (χ2n) is 3.21. The summed E-state index contributed by atoms with van der Waals surface area (Å²) in [6, 6.07) is 3.72. The lowest BCUT2D eigenvalue weighted by Crippen LogP contribution is -2.07. The van der Waals surface area contributed by atoms with E-state index in [-0.39, 0.29) is 5.82 Å². The quantitative estimate of drug-likeness (QED) is 0.756. The first kappa shape index (κ1) is 11.3. The van der Waals surface area contributed by atoms with Crippen molar-refractivity contribution < 1.29 is 18.0 Å². The van der Waals surface area contributed by atoms with Crippen LogP contribution in [-0.2, 0) is 6.18 Å². The molecule has 0 saturated heterocycles. The molecular formula is C10H6F3N3O. The molecule has 0 unspecified atom stereocenters. The minimum atomic E-state index is -4.48. The average Bonchev–Trinajstić information content (AvgIpc) is 2.78. The number of aldehydes is 1. The molecular weight excluding hydrogens is 235 g/mol. The van der Waals surface area contributed by atoms with Crippen molar-refractivity contribution in [3.05, 3.63) is 41.9 Å². The number of hydrogen-bond donors (Lipinski definition) is 0. The molecule has 4 nitrogen and oxygen atoms in total. The van der Waals surface area contributed by atoms with Crippen LogP contribution in [0.3, 0.4) is 0 Å². The third kappa shape index (κ3) is 2.32. The fourth-order valence-electron chi connectivity index (χ4n) is 1.21. The van der Waals surface area contributed by atoms with E-state index >= 15 is 0 Å². The highest BCUT2D eigenvalue weighted by Crippen LogP contribution is 2.27. The Bertz CT molecular complexity index is 530. The number of carbonyl (C=O) groups is 1. The average molecular weight is 241 g/mol. The van der Waals surface area contributed by atoms with Gasteiger partial charge < -0.3 is 0 Å². The van der Waals surface area contributed by atoms with Crippen LogP contribution in [0.15, 0.2) is 30.6 Å². The number of pyridine rings is 1. The van der Waals surface area contributed by atoms with Gasteiger partial charge in [0.05, 0.1) is 0 Å². The van der Waals surface area contributed by atoms with Crippen molar-refractivity contribution in [3.8, 4) is 5.82 Å². The summed E-state index contributed by atoms with van der Waals surface area (Å²) in [5, 5.41) is 3.35. The van der Waals surface area contributed by atoms with Crippen LogP contribution in [0.2, 0.25) is 0 Å². The van der Waals surface area contributed by atoms with E-state index < -0.39 is 11.9 Å². The second kappa shape index (κ2) is 4.00. The first-order chi connectivity index (χ1) is 8.00. The third-order valence-corrected chi connectivity index (χ3v) is 2.02. The van der Waals surface area contributed by atoms with Crippen LogP contribution in [0.1, 0.15) is 16.1 Å². The maximum absolute atomic E-state index is 12.3. The highest BCUT2D eigenvalue weighted by molar-refractivity contribution is 5.74. The predicted octanol–water partition coefficient (Wildman–Crippen LogP) is 2.10. The van der Waals surface area contributed by atoms with Crippen LogP contribution >= 0.6 is 0 Å². The van der Waals surface area contributed by atoms with Gasteiger partial charge in [0.1, 0.15) is 0 Å². The Labute approximate surface area is 93.7 Å². The number of hydrogen-bond acceptors (Lipinski definition) is 3. The van der Waals surface area contributed by atoms with E-state index in [0.717, 1.165) is 16.9 Å². The normalized spacial score (nSPS) is 11.5. The van der Waals surface area contributed by atoms with Gasteiger partial charge in [0.25, 0.3) is 0 Å². The Morgan fingerprint density at radius 3 is 2.47 bits per heavy atom. The van der Waals surface area contributed by atoms with Crippen LogP contribution in [0, 0.1) is 0 Å². The number of halogens is 3. The van der Waals surface area contributed by atoms with E-state index in [9.17, 15) is 18.0 Å². The number of nitrogens with zero attached hydrogens (tertiary/aromatic N) is 3. The van der Waals surface area contributed by atoms with Crippen molar-refractivity contribution in [2.24, 2.45) is 0 Å². The summed E-state index contributed by atoms with van der Waals surface area (Å²) in [6.07, 6.45) is -1.46. The topological polar surface area (TPSA) is 47.8 Å². The van der Waals surface area contributed by atoms with E-state index in [4.69, 9.17) is 0 Å². The summed E-state index contributed by atoms with van der Waals surface area (Å²) in [6.45, 7) is 0. The first-order valence-corrected chi connectivity index (χ1v) is 4.55. The van der Waals surface area contributed by atoms with Crippen molar-refractivity contribution in [1.82, 2.24) is 14.8 Å². The Morgan fingerprint density at radius 2 is 2.00 bits per heavy atom. The van der Waals surface area contributed by atoms with Crippen LogP contribution in [0.5, 0.6) is 0 Å². The van der Waals surface area contributed by atoms with Gasteiger partial charge in [-0.1, -0.05) is 0 Å². The molecule has 0 fully saturated rings. The van der Waals surface area contributed by atoms with Gasteiger partial charge in [-0.25, -0.2) is 9.67 Å². The monoisotopic (exact) mass is 241 g/mol. The van der Waals surface area contributed by atoms with Crippen LogP contribution < -0.4 is 0 Å². The molecule has 0 bridgehead atoms.